The fraction of sp³-hybridized carbons (Fsp3) is 0.222. The molecule has 1 fully saturated rings. The third-order valence-corrected chi connectivity index (χ3v) is 6.22. The third kappa shape index (κ3) is 5.59. The lowest BCUT2D eigenvalue weighted by Crippen LogP contribution is -2.27. The van der Waals surface area contributed by atoms with Gasteiger partial charge in [-0.1, -0.05) is 54.6 Å². The number of halogens is 1. The lowest BCUT2D eigenvalue weighted by Gasteiger charge is -2.23. The Hall–Kier alpha value is -3.32. The Bertz CT molecular complexity index is 1200. The first-order valence-electron chi connectivity index (χ1n) is 11.2. The topological polar surface area (TPSA) is 105 Å². The number of allylic oxidation sites excluding steroid dienone is 1. The molecule has 1 aromatic heterocycles. The first-order valence-corrected chi connectivity index (χ1v) is 11.6. The molecule has 4 N–H and O–H groups in total. The molecule has 1 aliphatic heterocycles. The van der Waals surface area contributed by atoms with E-state index < -0.39 is 17.3 Å². The summed E-state index contributed by atoms with van der Waals surface area (Å²) in [6.45, 7) is 1.90. The summed E-state index contributed by atoms with van der Waals surface area (Å²) in [4.78, 5) is 27.8. The molecular formula is C27H26ClN3O3. The number of carbonyl (C=O) groups excluding carboxylic acids is 2. The Morgan fingerprint density at radius 2 is 1.62 bits per heavy atom. The maximum atomic E-state index is 12.1. The quantitative estimate of drug-likeness (QED) is 0.351. The first-order chi connectivity index (χ1) is 16.4. The highest BCUT2D eigenvalue weighted by atomic mass is 35.5. The minimum absolute atomic E-state index is 0.350. The Kier molecular flexibility index (Phi) is 7.53. The molecule has 0 bridgehead atoms. The number of amides is 1. The number of nitrogens with two attached hydrogens (primary N) is 1. The smallest absolute Gasteiger partial charge is 0.250 e. The number of nitrogens with zero attached hydrogens (tertiary/aromatic N) is 1. The molecule has 2 aromatic carbocycles. The van der Waals surface area contributed by atoms with Gasteiger partial charge in [0.1, 0.15) is 6.10 Å². The SMILES string of the molecule is NC(=O)c1ccc(C2CCNCC2)nc1-c1ccc(C(O)c2ccc(/C=C/C(=O)Cl)cc2)cc1. The third-order valence-electron chi connectivity index (χ3n) is 6.10. The number of piperidine rings is 1. The highest BCUT2D eigenvalue weighted by Crippen LogP contribution is 2.30. The number of primary amides is 1. The van der Waals surface area contributed by atoms with Crippen molar-refractivity contribution in [2.75, 3.05) is 13.1 Å². The van der Waals surface area contributed by atoms with Crippen LogP contribution in [0.3, 0.4) is 0 Å². The molecule has 1 aliphatic rings. The Balaban J connectivity index is 1.58. The summed E-state index contributed by atoms with van der Waals surface area (Å²) in [5, 5.41) is 13.6. The summed E-state index contributed by atoms with van der Waals surface area (Å²) in [5.74, 6) is -0.170. The molecule has 1 amide bonds. The van der Waals surface area contributed by atoms with Crippen LogP contribution >= 0.6 is 11.6 Å². The molecule has 4 rings (SSSR count). The molecule has 0 aliphatic carbocycles. The number of carbonyl (C=O) groups is 2. The van der Waals surface area contributed by atoms with Crippen LogP contribution in [0.15, 0.2) is 66.7 Å². The van der Waals surface area contributed by atoms with Gasteiger partial charge in [0, 0.05) is 17.2 Å². The average Bonchev–Trinajstić information content (AvgIpc) is 2.87. The van der Waals surface area contributed by atoms with Gasteiger partial charge in [0.05, 0.1) is 11.3 Å². The summed E-state index contributed by atoms with van der Waals surface area (Å²) in [6, 6.07) is 18.2. The van der Waals surface area contributed by atoms with Crippen molar-refractivity contribution in [1.29, 1.82) is 0 Å². The van der Waals surface area contributed by atoms with Gasteiger partial charge in [0.15, 0.2) is 0 Å². The highest BCUT2D eigenvalue weighted by Gasteiger charge is 2.20. The zero-order valence-corrected chi connectivity index (χ0v) is 19.3. The largest absolute Gasteiger partial charge is 0.384 e. The van der Waals surface area contributed by atoms with E-state index in [0.717, 1.165) is 42.8 Å². The van der Waals surface area contributed by atoms with E-state index in [9.17, 15) is 14.7 Å². The van der Waals surface area contributed by atoms with E-state index >= 15 is 0 Å². The molecule has 3 aromatic rings. The lowest BCUT2D eigenvalue weighted by atomic mass is 9.92. The summed E-state index contributed by atoms with van der Waals surface area (Å²) < 4.78 is 0. The average molecular weight is 476 g/mol. The number of aliphatic hydroxyl groups is 1. The van der Waals surface area contributed by atoms with E-state index in [1.807, 2.05) is 30.3 Å². The number of pyridine rings is 1. The molecule has 2 heterocycles. The summed E-state index contributed by atoms with van der Waals surface area (Å²) in [6.07, 6.45) is 4.07. The van der Waals surface area contributed by atoms with E-state index in [1.165, 1.54) is 6.08 Å². The van der Waals surface area contributed by atoms with Gasteiger partial charge in [-0.2, -0.15) is 0 Å². The molecule has 0 saturated carbocycles. The minimum Gasteiger partial charge on any atom is -0.384 e. The van der Waals surface area contributed by atoms with Gasteiger partial charge in [-0.3, -0.25) is 14.6 Å². The lowest BCUT2D eigenvalue weighted by molar-refractivity contribution is -0.107. The zero-order valence-electron chi connectivity index (χ0n) is 18.6. The standard InChI is InChI=1S/C27H26ClN3O3/c28-24(32)12-3-17-1-4-20(5-2-17)26(33)21-8-6-19(7-9-21)25-22(27(29)34)10-11-23(31-25)18-13-15-30-16-14-18/h1-12,18,26,30,33H,13-16H2,(H2,29,34)/b12-3+. The molecular weight excluding hydrogens is 450 g/mol. The fourth-order valence-corrected chi connectivity index (χ4v) is 4.27. The van der Waals surface area contributed by atoms with Crippen LogP contribution in [0.25, 0.3) is 17.3 Å². The van der Waals surface area contributed by atoms with Gasteiger partial charge in [-0.15, -0.1) is 0 Å². The zero-order chi connectivity index (χ0) is 24.1. The summed E-state index contributed by atoms with van der Waals surface area (Å²) in [5.41, 5.74) is 10.5. The first kappa shape index (κ1) is 23.8. The van der Waals surface area contributed by atoms with Crippen LogP contribution in [0.4, 0.5) is 0 Å². The van der Waals surface area contributed by atoms with Crippen molar-refractivity contribution in [2.24, 2.45) is 5.73 Å². The van der Waals surface area contributed by atoms with Crippen LogP contribution < -0.4 is 11.1 Å². The van der Waals surface area contributed by atoms with Crippen LogP contribution in [-0.2, 0) is 4.79 Å². The number of hydrogen-bond donors (Lipinski definition) is 3. The molecule has 6 nitrogen and oxygen atoms in total. The molecule has 1 saturated heterocycles. The Labute approximate surface area is 203 Å². The van der Waals surface area contributed by atoms with Crippen molar-refractivity contribution in [2.45, 2.75) is 24.9 Å². The Morgan fingerprint density at radius 1 is 1.00 bits per heavy atom. The van der Waals surface area contributed by atoms with E-state index in [1.54, 1.807) is 36.4 Å². The van der Waals surface area contributed by atoms with Crippen LogP contribution in [0, 0.1) is 0 Å². The van der Waals surface area contributed by atoms with Crippen molar-refractivity contribution >= 4 is 28.8 Å². The fourth-order valence-electron chi connectivity index (χ4n) is 4.21. The monoisotopic (exact) mass is 475 g/mol. The number of hydrogen-bond acceptors (Lipinski definition) is 5. The van der Waals surface area contributed by atoms with Crippen molar-refractivity contribution in [3.63, 3.8) is 0 Å². The number of benzene rings is 2. The van der Waals surface area contributed by atoms with Crippen molar-refractivity contribution in [3.8, 4) is 11.3 Å². The van der Waals surface area contributed by atoms with Crippen molar-refractivity contribution in [1.82, 2.24) is 10.3 Å². The van der Waals surface area contributed by atoms with Gasteiger partial charge in [0.25, 0.3) is 5.91 Å². The molecule has 1 atom stereocenters. The highest BCUT2D eigenvalue weighted by molar-refractivity contribution is 6.66. The van der Waals surface area contributed by atoms with Gasteiger partial charge in [-0.25, -0.2) is 0 Å². The van der Waals surface area contributed by atoms with E-state index in [2.05, 4.69) is 5.32 Å². The van der Waals surface area contributed by atoms with E-state index in [-0.39, 0.29) is 0 Å². The molecule has 7 heteroatoms. The molecule has 0 radical (unpaired) electrons. The Morgan fingerprint density at radius 3 is 2.21 bits per heavy atom. The van der Waals surface area contributed by atoms with E-state index in [4.69, 9.17) is 22.3 Å². The van der Waals surface area contributed by atoms with Gasteiger partial charge < -0.3 is 16.2 Å². The van der Waals surface area contributed by atoms with Gasteiger partial charge in [0.2, 0.25) is 5.24 Å². The molecule has 174 valence electrons. The summed E-state index contributed by atoms with van der Waals surface area (Å²) >= 11 is 5.32. The minimum atomic E-state index is -0.827. The summed E-state index contributed by atoms with van der Waals surface area (Å²) in [7, 11) is 0. The maximum Gasteiger partial charge on any atom is 0.250 e. The number of rotatable bonds is 7. The van der Waals surface area contributed by atoms with Gasteiger partial charge in [-0.05, 0) is 72.4 Å². The van der Waals surface area contributed by atoms with Crippen molar-refractivity contribution < 1.29 is 14.7 Å². The molecule has 0 spiro atoms. The number of aromatic nitrogens is 1. The molecule has 34 heavy (non-hydrogen) atoms. The predicted molar refractivity (Wildman–Crippen MR) is 133 cm³/mol. The normalized spacial score (nSPS) is 15.4. The number of nitrogens with one attached hydrogen (secondary N) is 1. The maximum absolute atomic E-state index is 12.1. The van der Waals surface area contributed by atoms with Crippen LogP contribution in [0.2, 0.25) is 0 Å². The number of aliphatic hydroxyl groups excluding tert-OH is 1. The van der Waals surface area contributed by atoms with Crippen LogP contribution in [-0.4, -0.2) is 34.3 Å². The van der Waals surface area contributed by atoms with Gasteiger partial charge >= 0.3 is 0 Å². The van der Waals surface area contributed by atoms with Crippen LogP contribution in [0.5, 0.6) is 0 Å². The predicted octanol–water partition coefficient (Wildman–Crippen LogP) is 4.17. The second kappa shape index (κ2) is 10.7. The van der Waals surface area contributed by atoms with E-state index in [0.29, 0.717) is 28.3 Å². The van der Waals surface area contributed by atoms with Crippen LogP contribution in [0.1, 0.15) is 57.6 Å². The van der Waals surface area contributed by atoms with Crippen molar-refractivity contribution in [3.05, 3.63) is 94.7 Å². The molecule has 1 unspecified atom stereocenters. The second-order valence-corrected chi connectivity index (χ2v) is 8.72. The second-order valence-electron chi connectivity index (χ2n) is 8.35.